The quantitative estimate of drug-likeness (QED) is 0.202. The number of benzene rings is 3. The first-order valence-electron chi connectivity index (χ1n) is 11.0. The molecule has 9 heteroatoms. The summed E-state index contributed by atoms with van der Waals surface area (Å²) in [6.45, 7) is 3.46. The van der Waals surface area contributed by atoms with Crippen LogP contribution in [0.1, 0.15) is 59.7 Å². The Morgan fingerprint density at radius 2 is 1.34 bits per heavy atom. The fraction of sp³-hybridized carbons (Fsp3) is 0.269. The fourth-order valence-electron chi connectivity index (χ4n) is 4.16. The zero-order valence-corrected chi connectivity index (χ0v) is 18.7. The molecule has 0 saturated heterocycles. The normalized spacial score (nSPS) is 16.5. The third-order valence-electron chi connectivity index (χ3n) is 5.79. The van der Waals surface area contributed by atoms with E-state index in [1.807, 2.05) is 0 Å². The lowest BCUT2D eigenvalue weighted by Gasteiger charge is -2.28. The van der Waals surface area contributed by atoms with E-state index in [2.05, 4.69) is 0 Å². The van der Waals surface area contributed by atoms with Gasteiger partial charge in [0, 0.05) is 11.1 Å². The molecular formula is C26H20F6O3. The maximum absolute atomic E-state index is 15.2. The summed E-state index contributed by atoms with van der Waals surface area (Å²) >= 11 is 0. The molecule has 1 aliphatic rings. The molecule has 0 spiro atoms. The molecule has 4 rings (SSSR count). The van der Waals surface area contributed by atoms with Gasteiger partial charge in [0.25, 0.3) is 0 Å². The number of carbonyl (C=O) groups is 1. The van der Waals surface area contributed by atoms with E-state index in [0.29, 0.717) is 6.42 Å². The topological polar surface area (TPSA) is 35.5 Å². The predicted molar refractivity (Wildman–Crippen MR) is 116 cm³/mol. The molecular weight excluding hydrogens is 474 g/mol. The van der Waals surface area contributed by atoms with Crippen LogP contribution in [-0.2, 0) is 6.42 Å². The summed E-state index contributed by atoms with van der Waals surface area (Å²) < 4.78 is 98.5. The van der Waals surface area contributed by atoms with Gasteiger partial charge in [0.2, 0.25) is 0 Å². The van der Waals surface area contributed by atoms with E-state index in [-0.39, 0.29) is 35.5 Å². The second-order valence-electron chi connectivity index (χ2n) is 7.95. The van der Waals surface area contributed by atoms with Crippen LogP contribution in [0.15, 0.2) is 36.4 Å². The number of ether oxygens (including phenoxy) is 2. The van der Waals surface area contributed by atoms with E-state index in [9.17, 15) is 22.4 Å². The Kier molecular flexibility index (Phi) is 6.78. The van der Waals surface area contributed by atoms with Gasteiger partial charge in [-0.2, -0.15) is 0 Å². The van der Waals surface area contributed by atoms with Gasteiger partial charge < -0.3 is 9.47 Å². The zero-order chi connectivity index (χ0) is 25.4. The van der Waals surface area contributed by atoms with E-state index < -0.39 is 64.0 Å². The Hall–Kier alpha value is -3.49. The Bertz CT molecular complexity index is 1310. The van der Waals surface area contributed by atoms with Gasteiger partial charge in [-0.1, -0.05) is 31.5 Å². The van der Waals surface area contributed by atoms with Gasteiger partial charge in [0.1, 0.15) is 0 Å². The Morgan fingerprint density at radius 1 is 0.771 bits per heavy atom. The highest BCUT2D eigenvalue weighted by atomic mass is 19.2. The van der Waals surface area contributed by atoms with Crippen molar-refractivity contribution in [2.45, 2.75) is 39.0 Å². The van der Waals surface area contributed by atoms with E-state index in [1.165, 1.54) is 18.2 Å². The summed E-state index contributed by atoms with van der Waals surface area (Å²) in [5.74, 6) is -7.67. The fourth-order valence-corrected chi connectivity index (χ4v) is 4.16. The SMILES string of the molecule is CCCc1ccc(C(=O)Oc2ccc3c(c2F)C(F)C(F)c2c-3ccc(OCC)c2F)c(F)c1F. The molecule has 3 aromatic rings. The van der Waals surface area contributed by atoms with E-state index in [0.717, 1.165) is 18.2 Å². The van der Waals surface area contributed by atoms with Crippen molar-refractivity contribution < 1.29 is 40.6 Å². The van der Waals surface area contributed by atoms with E-state index in [1.54, 1.807) is 13.8 Å². The second-order valence-corrected chi connectivity index (χ2v) is 7.95. The van der Waals surface area contributed by atoms with Gasteiger partial charge in [-0.15, -0.1) is 0 Å². The summed E-state index contributed by atoms with van der Waals surface area (Å²) in [6.07, 6.45) is -4.39. The summed E-state index contributed by atoms with van der Waals surface area (Å²) in [5, 5.41) is 0. The smallest absolute Gasteiger partial charge is 0.346 e. The average Bonchev–Trinajstić information content (AvgIpc) is 2.83. The lowest BCUT2D eigenvalue weighted by Crippen LogP contribution is -2.18. The first-order valence-corrected chi connectivity index (χ1v) is 11.0. The number of hydrogen-bond donors (Lipinski definition) is 0. The third-order valence-corrected chi connectivity index (χ3v) is 5.79. The second kappa shape index (κ2) is 9.64. The van der Waals surface area contributed by atoms with Gasteiger partial charge in [0.05, 0.1) is 12.2 Å². The first-order chi connectivity index (χ1) is 16.7. The molecule has 0 N–H and O–H groups in total. The van der Waals surface area contributed by atoms with E-state index >= 15 is 8.78 Å². The predicted octanol–water partition coefficient (Wildman–Crippen LogP) is 7.52. The summed E-state index contributed by atoms with van der Waals surface area (Å²) in [7, 11) is 0. The van der Waals surface area contributed by atoms with Crippen molar-refractivity contribution in [2.75, 3.05) is 6.61 Å². The molecule has 35 heavy (non-hydrogen) atoms. The number of aryl methyl sites for hydroxylation is 1. The molecule has 0 bridgehead atoms. The molecule has 1 aliphatic carbocycles. The van der Waals surface area contributed by atoms with Crippen LogP contribution in [-0.4, -0.2) is 12.6 Å². The van der Waals surface area contributed by atoms with Crippen LogP contribution in [0.5, 0.6) is 11.5 Å². The van der Waals surface area contributed by atoms with Crippen molar-refractivity contribution in [3.05, 3.63) is 81.9 Å². The molecule has 0 radical (unpaired) electrons. The van der Waals surface area contributed by atoms with Gasteiger partial charge in [-0.3, -0.25) is 0 Å². The van der Waals surface area contributed by atoms with Crippen LogP contribution >= 0.6 is 0 Å². The maximum atomic E-state index is 15.2. The summed E-state index contributed by atoms with van der Waals surface area (Å²) in [5.41, 5.74) is -2.32. The van der Waals surface area contributed by atoms with Gasteiger partial charge in [-0.25, -0.2) is 31.1 Å². The van der Waals surface area contributed by atoms with Crippen LogP contribution in [0.2, 0.25) is 0 Å². The molecule has 0 amide bonds. The number of rotatable bonds is 6. The van der Waals surface area contributed by atoms with Crippen molar-refractivity contribution in [3.8, 4) is 22.6 Å². The standard InChI is InChI=1S/C26H20F6O3/c1-3-5-12-6-7-15(21(28)20(12)27)26(33)35-17-11-9-14-13-8-10-16(34-4-2)22(29)18(13)24(31)25(32)19(14)23(17)30/h6-11,24-25H,3-5H2,1-2H3. The summed E-state index contributed by atoms with van der Waals surface area (Å²) in [4.78, 5) is 12.4. The minimum atomic E-state index is -2.62. The third kappa shape index (κ3) is 4.13. The van der Waals surface area contributed by atoms with Crippen LogP contribution in [0.3, 0.4) is 0 Å². The minimum Gasteiger partial charge on any atom is -0.491 e. The number of halogens is 6. The molecule has 0 fully saturated rings. The molecule has 0 aliphatic heterocycles. The van der Waals surface area contributed by atoms with Gasteiger partial charge in [0.15, 0.2) is 47.1 Å². The van der Waals surface area contributed by atoms with Crippen molar-refractivity contribution in [3.63, 3.8) is 0 Å². The number of alkyl halides is 2. The lowest BCUT2D eigenvalue weighted by atomic mass is 9.82. The van der Waals surface area contributed by atoms with Gasteiger partial charge >= 0.3 is 5.97 Å². The Morgan fingerprint density at radius 3 is 1.91 bits per heavy atom. The molecule has 184 valence electrons. The van der Waals surface area contributed by atoms with Crippen molar-refractivity contribution in [1.29, 1.82) is 0 Å². The van der Waals surface area contributed by atoms with Crippen molar-refractivity contribution >= 4 is 5.97 Å². The van der Waals surface area contributed by atoms with Crippen LogP contribution in [0.25, 0.3) is 11.1 Å². The highest BCUT2D eigenvalue weighted by molar-refractivity contribution is 5.91. The number of esters is 1. The van der Waals surface area contributed by atoms with Crippen LogP contribution in [0.4, 0.5) is 26.3 Å². The minimum absolute atomic E-state index is 0.0640. The molecule has 0 saturated carbocycles. The van der Waals surface area contributed by atoms with Crippen LogP contribution in [0, 0.1) is 23.3 Å². The molecule has 0 heterocycles. The first kappa shape index (κ1) is 24.6. The monoisotopic (exact) mass is 494 g/mol. The molecule has 0 aromatic heterocycles. The molecule has 2 atom stereocenters. The van der Waals surface area contributed by atoms with Gasteiger partial charge in [-0.05, 0) is 48.2 Å². The molecule has 3 nitrogen and oxygen atoms in total. The van der Waals surface area contributed by atoms with Crippen molar-refractivity contribution in [1.82, 2.24) is 0 Å². The largest absolute Gasteiger partial charge is 0.491 e. The highest BCUT2D eigenvalue weighted by Crippen LogP contribution is 2.52. The van der Waals surface area contributed by atoms with Crippen molar-refractivity contribution in [2.24, 2.45) is 0 Å². The van der Waals surface area contributed by atoms with E-state index in [4.69, 9.17) is 9.47 Å². The maximum Gasteiger partial charge on any atom is 0.346 e. The number of hydrogen-bond acceptors (Lipinski definition) is 3. The average molecular weight is 494 g/mol. The zero-order valence-electron chi connectivity index (χ0n) is 18.7. The highest BCUT2D eigenvalue weighted by Gasteiger charge is 2.40. The Balaban J connectivity index is 1.73. The number of fused-ring (bicyclic) bond motifs is 3. The lowest BCUT2D eigenvalue weighted by molar-refractivity contribution is 0.0720. The number of carbonyl (C=O) groups excluding carboxylic acids is 1. The van der Waals surface area contributed by atoms with Crippen LogP contribution < -0.4 is 9.47 Å². The molecule has 2 unspecified atom stereocenters. The Labute approximate surface area is 197 Å². The summed E-state index contributed by atoms with van der Waals surface area (Å²) in [6, 6.07) is 6.82. The molecule has 3 aromatic carbocycles.